The molecule has 0 saturated carbocycles. The molecule has 6 heteroatoms. The number of methoxy groups -OCH3 is 1. The first kappa shape index (κ1) is 14.8. The van der Waals surface area contributed by atoms with E-state index in [4.69, 9.17) is 14.7 Å². The van der Waals surface area contributed by atoms with Crippen molar-refractivity contribution in [3.8, 4) is 17.6 Å². The Labute approximate surface area is 111 Å². The van der Waals surface area contributed by atoms with Crippen LogP contribution in [0.25, 0.3) is 0 Å². The molecule has 1 rings (SSSR count). The molecule has 0 spiro atoms. The van der Waals surface area contributed by atoms with Gasteiger partial charge in [-0.25, -0.2) is 0 Å². The average molecular weight is 264 g/mol. The Balaban J connectivity index is 2.61. The van der Waals surface area contributed by atoms with Crippen LogP contribution in [0.15, 0.2) is 18.2 Å². The molecule has 0 aliphatic carbocycles. The van der Waals surface area contributed by atoms with Crippen molar-refractivity contribution >= 4 is 5.91 Å². The lowest BCUT2D eigenvalue weighted by atomic mass is 10.2. The predicted molar refractivity (Wildman–Crippen MR) is 67.7 cm³/mol. The molecule has 6 nitrogen and oxygen atoms in total. The minimum Gasteiger partial charge on any atom is -0.493 e. The van der Waals surface area contributed by atoms with Crippen LogP contribution >= 0.6 is 0 Å². The summed E-state index contributed by atoms with van der Waals surface area (Å²) in [5.41, 5.74) is 0.546. The Bertz CT molecular complexity index is 446. The van der Waals surface area contributed by atoms with Crippen molar-refractivity contribution in [2.45, 2.75) is 13.0 Å². The maximum atomic E-state index is 11.4. The first-order chi connectivity index (χ1) is 9.22. The van der Waals surface area contributed by atoms with E-state index < -0.39 is 0 Å². The van der Waals surface area contributed by atoms with E-state index in [9.17, 15) is 9.90 Å². The second-order valence-electron chi connectivity index (χ2n) is 3.65. The molecule has 0 fully saturated rings. The highest BCUT2D eigenvalue weighted by molar-refractivity contribution is 5.77. The Morgan fingerprint density at radius 2 is 2.32 bits per heavy atom. The highest BCUT2D eigenvalue weighted by Gasteiger charge is 2.11. The van der Waals surface area contributed by atoms with E-state index in [0.717, 1.165) is 0 Å². The third kappa shape index (κ3) is 4.48. The average Bonchev–Trinajstić information content (AvgIpc) is 2.44. The second-order valence-corrected chi connectivity index (χ2v) is 3.65. The van der Waals surface area contributed by atoms with Crippen molar-refractivity contribution in [3.05, 3.63) is 23.8 Å². The molecule has 0 saturated heterocycles. The Hall–Kier alpha value is -2.26. The molecule has 0 aliphatic heterocycles. The molecule has 0 heterocycles. The van der Waals surface area contributed by atoms with E-state index in [0.29, 0.717) is 17.1 Å². The number of aliphatic hydroxyl groups is 1. The van der Waals surface area contributed by atoms with Crippen LogP contribution in [0.2, 0.25) is 0 Å². The second kappa shape index (κ2) is 7.95. The topological polar surface area (TPSA) is 91.6 Å². The predicted octanol–water partition coefficient (Wildman–Crippen LogP) is 0.596. The van der Waals surface area contributed by atoms with E-state index in [1.807, 2.05) is 6.07 Å². The number of nitriles is 1. The maximum absolute atomic E-state index is 11.4. The molecular formula is C13H16N2O4. The molecule has 0 unspecified atom stereocenters. The number of amides is 1. The van der Waals surface area contributed by atoms with Gasteiger partial charge in [-0.3, -0.25) is 4.79 Å². The number of aliphatic hydroxyl groups excluding tert-OH is 1. The molecule has 2 N–H and O–H groups in total. The van der Waals surface area contributed by atoms with Gasteiger partial charge in [0, 0.05) is 12.1 Å². The SMILES string of the molecule is COc1cccc(CO)c1OCC(=O)NCCC#N. The summed E-state index contributed by atoms with van der Waals surface area (Å²) in [7, 11) is 1.48. The molecule has 1 aromatic rings. The summed E-state index contributed by atoms with van der Waals surface area (Å²) in [6, 6.07) is 7.02. The molecule has 102 valence electrons. The molecule has 1 amide bonds. The fourth-order valence-electron chi connectivity index (χ4n) is 1.46. The largest absolute Gasteiger partial charge is 0.493 e. The highest BCUT2D eigenvalue weighted by Crippen LogP contribution is 2.30. The van der Waals surface area contributed by atoms with Gasteiger partial charge in [0.05, 0.1) is 26.2 Å². The van der Waals surface area contributed by atoms with Crippen LogP contribution in [0.4, 0.5) is 0 Å². The number of carbonyl (C=O) groups is 1. The van der Waals surface area contributed by atoms with Gasteiger partial charge in [0.2, 0.25) is 0 Å². The Kier molecular flexibility index (Phi) is 6.19. The first-order valence-electron chi connectivity index (χ1n) is 5.76. The summed E-state index contributed by atoms with van der Waals surface area (Å²) < 4.78 is 10.5. The molecule has 0 atom stereocenters. The van der Waals surface area contributed by atoms with Crippen molar-refractivity contribution in [1.82, 2.24) is 5.32 Å². The molecule has 0 aromatic heterocycles. The number of para-hydroxylation sites is 1. The Morgan fingerprint density at radius 3 is 2.95 bits per heavy atom. The van der Waals surface area contributed by atoms with Crippen molar-refractivity contribution in [1.29, 1.82) is 5.26 Å². The summed E-state index contributed by atoms with van der Waals surface area (Å²) >= 11 is 0. The highest BCUT2D eigenvalue weighted by atomic mass is 16.5. The van der Waals surface area contributed by atoms with Crippen LogP contribution in [0, 0.1) is 11.3 Å². The summed E-state index contributed by atoms with van der Waals surface area (Å²) in [6.45, 7) is -0.112. The smallest absolute Gasteiger partial charge is 0.257 e. The molecule has 0 bridgehead atoms. The van der Waals surface area contributed by atoms with Crippen molar-refractivity contribution < 1.29 is 19.4 Å². The van der Waals surface area contributed by atoms with Gasteiger partial charge in [0.1, 0.15) is 0 Å². The summed E-state index contributed by atoms with van der Waals surface area (Å²) in [6.07, 6.45) is 0.252. The molecule has 19 heavy (non-hydrogen) atoms. The number of nitrogens with zero attached hydrogens (tertiary/aromatic N) is 1. The first-order valence-corrected chi connectivity index (χ1v) is 5.76. The van der Waals surface area contributed by atoms with Gasteiger partial charge in [0.25, 0.3) is 5.91 Å². The van der Waals surface area contributed by atoms with Gasteiger partial charge in [-0.2, -0.15) is 5.26 Å². The number of benzene rings is 1. The summed E-state index contributed by atoms with van der Waals surface area (Å²) in [5, 5.41) is 20.1. The summed E-state index contributed by atoms with van der Waals surface area (Å²) in [4.78, 5) is 11.4. The van der Waals surface area contributed by atoms with Crippen LogP contribution in [-0.2, 0) is 11.4 Å². The number of hydrogen-bond acceptors (Lipinski definition) is 5. The zero-order valence-electron chi connectivity index (χ0n) is 10.7. The lowest BCUT2D eigenvalue weighted by molar-refractivity contribution is -0.123. The minimum absolute atomic E-state index is 0.196. The Morgan fingerprint density at radius 1 is 1.53 bits per heavy atom. The fourth-order valence-corrected chi connectivity index (χ4v) is 1.46. The van der Waals surface area contributed by atoms with E-state index >= 15 is 0 Å². The third-order valence-electron chi connectivity index (χ3n) is 2.36. The maximum Gasteiger partial charge on any atom is 0.257 e. The molecule has 0 aliphatic rings. The van der Waals surface area contributed by atoms with Gasteiger partial charge in [0.15, 0.2) is 18.1 Å². The van der Waals surface area contributed by atoms with E-state index in [2.05, 4.69) is 5.32 Å². The van der Waals surface area contributed by atoms with Gasteiger partial charge in [-0.1, -0.05) is 12.1 Å². The lowest BCUT2D eigenvalue weighted by Gasteiger charge is -2.13. The van der Waals surface area contributed by atoms with Crippen molar-refractivity contribution in [3.63, 3.8) is 0 Å². The van der Waals surface area contributed by atoms with Crippen LogP contribution in [0.1, 0.15) is 12.0 Å². The van der Waals surface area contributed by atoms with Crippen molar-refractivity contribution in [2.24, 2.45) is 0 Å². The van der Waals surface area contributed by atoms with E-state index in [1.54, 1.807) is 18.2 Å². The summed E-state index contributed by atoms with van der Waals surface area (Å²) in [5.74, 6) is 0.476. The number of carbonyl (C=O) groups excluding carboxylic acids is 1. The molecule has 1 aromatic carbocycles. The van der Waals surface area contributed by atoms with Gasteiger partial charge in [-0.05, 0) is 6.07 Å². The van der Waals surface area contributed by atoms with Crippen LogP contribution in [0.3, 0.4) is 0 Å². The van der Waals surface area contributed by atoms with Gasteiger partial charge in [-0.15, -0.1) is 0 Å². The van der Waals surface area contributed by atoms with E-state index in [1.165, 1.54) is 7.11 Å². The molecular weight excluding hydrogens is 248 g/mol. The van der Waals surface area contributed by atoms with Crippen LogP contribution in [0.5, 0.6) is 11.5 Å². The third-order valence-corrected chi connectivity index (χ3v) is 2.36. The minimum atomic E-state index is -0.329. The van der Waals surface area contributed by atoms with Crippen LogP contribution in [-0.4, -0.2) is 31.3 Å². The monoisotopic (exact) mass is 264 g/mol. The standard InChI is InChI=1S/C13H16N2O4/c1-18-11-5-2-4-10(8-16)13(11)19-9-12(17)15-7-3-6-14/h2,4-5,16H,3,7-9H2,1H3,(H,15,17). The number of ether oxygens (including phenoxy) is 2. The number of rotatable bonds is 7. The van der Waals surface area contributed by atoms with E-state index in [-0.39, 0.29) is 32.1 Å². The zero-order valence-corrected chi connectivity index (χ0v) is 10.7. The zero-order chi connectivity index (χ0) is 14.1. The van der Waals surface area contributed by atoms with Crippen LogP contribution < -0.4 is 14.8 Å². The quantitative estimate of drug-likeness (QED) is 0.703. The number of nitrogens with one attached hydrogen (secondary N) is 1. The van der Waals surface area contributed by atoms with Gasteiger partial charge < -0.3 is 19.9 Å². The lowest BCUT2D eigenvalue weighted by Crippen LogP contribution is -2.29. The normalized spacial score (nSPS) is 9.53. The number of hydrogen-bond donors (Lipinski definition) is 2. The molecule has 0 radical (unpaired) electrons. The van der Waals surface area contributed by atoms with Gasteiger partial charge >= 0.3 is 0 Å². The fraction of sp³-hybridized carbons (Fsp3) is 0.385. The van der Waals surface area contributed by atoms with Crippen molar-refractivity contribution in [2.75, 3.05) is 20.3 Å².